The van der Waals surface area contributed by atoms with Gasteiger partial charge < -0.3 is 0 Å². The Kier molecular flexibility index (Phi) is 3.05. The van der Waals surface area contributed by atoms with Gasteiger partial charge in [0.15, 0.2) is 9.84 Å². The number of rotatable bonds is 3. The summed E-state index contributed by atoms with van der Waals surface area (Å²) < 4.78 is 22.0. The molecule has 0 saturated heterocycles. The summed E-state index contributed by atoms with van der Waals surface area (Å²) >= 11 is 1.52. The highest BCUT2D eigenvalue weighted by Crippen LogP contribution is 2.11. The van der Waals surface area contributed by atoms with Gasteiger partial charge in [-0.1, -0.05) is 13.0 Å². The molecule has 0 aromatic carbocycles. The van der Waals surface area contributed by atoms with Gasteiger partial charge in [0.25, 0.3) is 0 Å². The van der Waals surface area contributed by atoms with Crippen LogP contribution in [0.3, 0.4) is 0 Å². The lowest BCUT2D eigenvalue weighted by Gasteiger charge is -1.88. The second-order valence-electron chi connectivity index (χ2n) is 2.27. The highest BCUT2D eigenvalue weighted by molar-refractivity contribution is 7.94. The van der Waals surface area contributed by atoms with Crippen molar-refractivity contribution in [1.29, 1.82) is 0 Å². The largest absolute Gasteiger partial charge is 0.224 e. The van der Waals surface area contributed by atoms with Gasteiger partial charge in [0.05, 0.1) is 5.75 Å². The second-order valence-corrected chi connectivity index (χ2v) is 5.42. The first-order chi connectivity index (χ1) is 5.64. The van der Waals surface area contributed by atoms with E-state index in [0.29, 0.717) is 0 Å². The van der Waals surface area contributed by atoms with Crippen molar-refractivity contribution in [1.82, 2.24) is 0 Å². The van der Waals surface area contributed by atoms with Gasteiger partial charge in [-0.25, -0.2) is 8.42 Å². The van der Waals surface area contributed by atoms with Crippen molar-refractivity contribution in [3.63, 3.8) is 0 Å². The molecule has 0 fully saturated rings. The molecule has 0 unspecified atom stereocenters. The molecule has 4 heteroatoms. The van der Waals surface area contributed by atoms with E-state index >= 15 is 0 Å². The van der Waals surface area contributed by atoms with Crippen LogP contribution < -0.4 is 0 Å². The maximum Gasteiger partial charge on any atom is 0.171 e. The monoisotopic (exact) mass is 202 g/mol. The van der Waals surface area contributed by atoms with Crippen LogP contribution in [0.1, 0.15) is 11.8 Å². The molecule has 66 valence electrons. The minimum absolute atomic E-state index is 0.162. The van der Waals surface area contributed by atoms with Gasteiger partial charge in [0, 0.05) is 10.3 Å². The maximum absolute atomic E-state index is 11.0. The third kappa shape index (κ3) is 2.79. The van der Waals surface area contributed by atoms with Crippen molar-refractivity contribution in [2.45, 2.75) is 6.92 Å². The van der Waals surface area contributed by atoms with Crippen LogP contribution in [0.4, 0.5) is 0 Å². The summed E-state index contributed by atoms with van der Waals surface area (Å²) in [7, 11) is -2.97. The van der Waals surface area contributed by atoms with Crippen molar-refractivity contribution in [3.05, 3.63) is 27.8 Å². The van der Waals surface area contributed by atoms with Crippen LogP contribution in [-0.4, -0.2) is 14.2 Å². The topological polar surface area (TPSA) is 34.1 Å². The van der Waals surface area contributed by atoms with Crippen LogP contribution in [-0.2, 0) is 9.84 Å². The smallest absolute Gasteiger partial charge is 0.171 e. The Morgan fingerprint density at radius 2 is 2.33 bits per heavy atom. The minimum Gasteiger partial charge on any atom is -0.224 e. The van der Waals surface area contributed by atoms with E-state index in [9.17, 15) is 8.42 Å². The van der Waals surface area contributed by atoms with Gasteiger partial charge in [0.1, 0.15) is 0 Å². The summed E-state index contributed by atoms with van der Waals surface area (Å²) in [6.45, 7) is 1.63. The summed E-state index contributed by atoms with van der Waals surface area (Å²) in [5.74, 6) is 0.162. The zero-order valence-corrected chi connectivity index (χ0v) is 8.36. The van der Waals surface area contributed by atoms with E-state index in [2.05, 4.69) is 0 Å². The predicted molar refractivity (Wildman–Crippen MR) is 52.8 cm³/mol. The van der Waals surface area contributed by atoms with Crippen LogP contribution >= 0.6 is 11.3 Å². The Labute approximate surface area is 76.5 Å². The number of thiophene rings is 1. The third-order valence-electron chi connectivity index (χ3n) is 1.39. The van der Waals surface area contributed by atoms with Gasteiger partial charge in [-0.05, 0) is 17.5 Å². The summed E-state index contributed by atoms with van der Waals surface area (Å²) in [5, 5.41) is 3.18. The highest BCUT2D eigenvalue weighted by Gasteiger charge is 1.99. The van der Waals surface area contributed by atoms with E-state index in [1.54, 1.807) is 13.0 Å². The lowest BCUT2D eigenvalue weighted by molar-refractivity contribution is 0.606. The first-order valence-corrected chi connectivity index (χ1v) is 6.18. The fourth-order valence-electron chi connectivity index (χ4n) is 0.653. The van der Waals surface area contributed by atoms with Gasteiger partial charge in [-0.3, -0.25) is 0 Å². The molecule has 2 nitrogen and oxygen atoms in total. The van der Waals surface area contributed by atoms with Gasteiger partial charge in [-0.15, -0.1) is 11.3 Å². The zero-order chi connectivity index (χ0) is 9.03. The van der Waals surface area contributed by atoms with E-state index in [1.807, 2.05) is 17.5 Å². The van der Waals surface area contributed by atoms with E-state index in [0.717, 1.165) is 4.88 Å². The highest BCUT2D eigenvalue weighted by atomic mass is 32.2. The molecule has 0 saturated carbocycles. The van der Waals surface area contributed by atoms with Gasteiger partial charge >= 0.3 is 0 Å². The Hall–Kier alpha value is -0.610. The molecule has 1 aromatic rings. The normalized spacial score (nSPS) is 12.4. The van der Waals surface area contributed by atoms with Crippen molar-refractivity contribution in [3.8, 4) is 0 Å². The molecule has 0 atom stereocenters. The Balaban J connectivity index is 2.76. The van der Waals surface area contributed by atoms with Crippen molar-refractivity contribution < 1.29 is 8.42 Å². The SMILES string of the molecule is CCS(=O)(=O)/C=C/c1cccs1. The molecular formula is C8H10O2S2. The number of hydrogen-bond acceptors (Lipinski definition) is 3. The second kappa shape index (κ2) is 3.87. The molecule has 0 amide bonds. The van der Waals surface area contributed by atoms with Crippen molar-refractivity contribution in [2.75, 3.05) is 5.75 Å². The Morgan fingerprint density at radius 3 is 2.83 bits per heavy atom. The van der Waals surface area contributed by atoms with Crippen LogP contribution in [0.15, 0.2) is 22.9 Å². The van der Waals surface area contributed by atoms with Crippen LogP contribution in [0.5, 0.6) is 0 Å². The minimum atomic E-state index is -2.97. The molecular weight excluding hydrogens is 192 g/mol. The standard InChI is InChI=1S/C8H10O2S2/c1-2-12(9,10)7-5-8-4-3-6-11-8/h3-7H,2H2,1H3/b7-5+. The fraction of sp³-hybridized carbons (Fsp3) is 0.250. The predicted octanol–water partition coefficient (Wildman–Crippen LogP) is 2.15. The first kappa shape index (κ1) is 9.48. The maximum atomic E-state index is 11.0. The summed E-state index contributed by atoms with van der Waals surface area (Å²) in [6.07, 6.45) is 1.63. The average molecular weight is 202 g/mol. The molecule has 1 heterocycles. The lowest BCUT2D eigenvalue weighted by Crippen LogP contribution is -1.96. The molecule has 0 aliphatic rings. The number of hydrogen-bond donors (Lipinski definition) is 0. The summed E-state index contributed by atoms with van der Waals surface area (Å²) in [5.41, 5.74) is 0. The fourth-order valence-corrected chi connectivity index (χ4v) is 1.90. The Morgan fingerprint density at radius 1 is 1.58 bits per heavy atom. The summed E-state index contributed by atoms with van der Waals surface area (Å²) in [4.78, 5) is 0.965. The Bertz CT molecular complexity index is 346. The molecule has 1 aromatic heterocycles. The first-order valence-electron chi connectivity index (χ1n) is 3.58. The van der Waals surface area contributed by atoms with E-state index in [4.69, 9.17) is 0 Å². The molecule has 0 bridgehead atoms. The van der Waals surface area contributed by atoms with E-state index < -0.39 is 9.84 Å². The molecule has 1 rings (SSSR count). The molecule has 0 radical (unpaired) electrons. The van der Waals surface area contributed by atoms with Crippen molar-refractivity contribution in [2.24, 2.45) is 0 Å². The average Bonchev–Trinajstić information content (AvgIpc) is 2.53. The van der Waals surface area contributed by atoms with Crippen LogP contribution in [0.25, 0.3) is 6.08 Å². The molecule has 0 spiro atoms. The summed E-state index contributed by atoms with van der Waals surface area (Å²) in [6, 6.07) is 3.77. The number of sulfone groups is 1. The van der Waals surface area contributed by atoms with Crippen LogP contribution in [0, 0.1) is 0 Å². The van der Waals surface area contributed by atoms with Gasteiger partial charge in [-0.2, -0.15) is 0 Å². The lowest BCUT2D eigenvalue weighted by atomic mass is 10.5. The van der Waals surface area contributed by atoms with Crippen molar-refractivity contribution >= 4 is 27.3 Å². The molecule has 0 aliphatic heterocycles. The molecule has 12 heavy (non-hydrogen) atoms. The molecule has 0 N–H and O–H groups in total. The quantitative estimate of drug-likeness (QED) is 0.752. The zero-order valence-electron chi connectivity index (χ0n) is 6.73. The van der Waals surface area contributed by atoms with E-state index in [1.165, 1.54) is 16.7 Å². The third-order valence-corrected chi connectivity index (χ3v) is 3.58. The molecule has 0 aliphatic carbocycles. The van der Waals surface area contributed by atoms with Gasteiger partial charge in [0.2, 0.25) is 0 Å². The van der Waals surface area contributed by atoms with E-state index in [-0.39, 0.29) is 5.75 Å². The van der Waals surface area contributed by atoms with Crippen LogP contribution in [0.2, 0.25) is 0 Å².